The molecule has 0 fully saturated rings. The molecule has 3 rings (SSSR count). The number of amides is 4. The van der Waals surface area contributed by atoms with Crippen LogP contribution in [0.1, 0.15) is 65.2 Å². The topological polar surface area (TPSA) is 161 Å². The predicted octanol–water partition coefficient (Wildman–Crippen LogP) is 4.39. The maximum Gasteiger partial charge on any atom is 0.408 e. The van der Waals surface area contributed by atoms with Gasteiger partial charge in [-0.05, 0) is 77.3 Å². The first kappa shape index (κ1) is 40.0. The zero-order chi connectivity index (χ0) is 37.6. The van der Waals surface area contributed by atoms with Gasteiger partial charge in [0.1, 0.15) is 41.7 Å². The summed E-state index contributed by atoms with van der Waals surface area (Å²) in [6.07, 6.45) is -0.514. The Hall–Kier alpha value is -5.39. The van der Waals surface area contributed by atoms with Gasteiger partial charge in [-0.3, -0.25) is 14.4 Å². The van der Waals surface area contributed by atoms with Gasteiger partial charge in [0, 0.05) is 12.8 Å². The van der Waals surface area contributed by atoms with Crippen molar-refractivity contribution in [3.05, 3.63) is 102 Å². The SMILES string of the molecule is CC(NC(=O)C(Cc1ccccc1)NC(=O)OCc1ccccc1)C(=O)NCC(=O)NC(Cc1ccc(OC(C)(C)C)cc1)C(=O)OC(C)(C)C. The van der Waals surface area contributed by atoms with Crippen molar-refractivity contribution in [1.82, 2.24) is 21.3 Å². The summed E-state index contributed by atoms with van der Waals surface area (Å²) in [5.41, 5.74) is 1.15. The highest BCUT2D eigenvalue weighted by Crippen LogP contribution is 2.20. The van der Waals surface area contributed by atoms with E-state index in [4.69, 9.17) is 14.2 Å². The number of benzene rings is 3. The van der Waals surface area contributed by atoms with E-state index < -0.39 is 60.1 Å². The fourth-order valence-electron chi connectivity index (χ4n) is 4.76. The predicted molar refractivity (Wildman–Crippen MR) is 193 cm³/mol. The van der Waals surface area contributed by atoms with Crippen LogP contribution in [0, 0.1) is 0 Å². The van der Waals surface area contributed by atoms with Crippen molar-refractivity contribution in [2.45, 2.75) is 97.2 Å². The quantitative estimate of drug-likeness (QED) is 0.170. The van der Waals surface area contributed by atoms with Gasteiger partial charge in [0.25, 0.3) is 0 Å². The molecule has 12 heteroatoms. The number of hydrogen-bond donors (Lipinski definition) is 4. The normalized spacial score (nSPS) is 13.1. The molecule has 12 nitrogen and oxygen atoms in total. The van der Waals surface area contributed by atoms with Gasteiger partial charge >= 0.3 is 12.1 Å². The van der Waals surface area contributed by atoms with E-state index in [1.807, 2.05) is 81.4 Å². The average molecular weight is 703 g/mol. The molecule has 0 aliphatic carbocycles. The Kier molecular flexibility index (Phi) is 14.6. The molecular formula is C39H50N4O8. The minimum absolute atomic E-state index is 0.0146. The largest absolute Gasteiger partial charge is 0.488 e. The summed E-state index contributed by atoms with van der Waals surface area (Å²) in [6.45, 7) is 12.0. The first-order valence-electron chi connectivity index (χ1n) is 16.9. The number of carbonyl (C=O) groups excluding carboxylic acids is 5. The number of alkyl carbamates (subject to hydrolysis) is 1. The second-order valence-electron chi connectivity index (χ2n) is 14.1. The first-order valence-corrected chi connectivity index (χ1v) is 16.9. The molecule has 3 atom stereocenters. The van der Waals surface area contributed by atoms with Crippen molar-refractivity contribution in [3.63, 3.8) is 0 Å². The summed E-state index contributed by atoms with van der Waals surface area (Å²) in [4.78, 5) is 64.9. The van der Waals surface area contributed by atoms with Crippen LogP contribution >= 0.6 is 0 Å². The second kappa shape index (κ2) is 18.6. The number of nitrogens with one attached hydrogen (secondary N) is 4. The van der Waals surface area contributed by atoms with Gasteiger partial charge < -0.3 is 35.5 Å². The summed E-state index contributed by atoms with van der Waals surface area (Å²) in [6, 6.07) is 22.2. The van der Waals surface area contributed by atoms with E-state index in [2.05, 4.69) is 21.3 Å². The Morgan fingerprint density at radius 2 is 1.18 bits per heavy atom. The van der Waals surface area contributed by atoms with Gasteiger partial charge in [-0.2, -0.15) is 0 Å². The smallest absolute Gasteiger partial charge is 0.408 e. The molecule has 0 spiro atoms. The molecule has 0 aliphatic heterocycles. The van der Waals surface area contributed by atoms with Crippen LogP contribution in [-0.4, -0.2) is 65.7 Å². The fraction of sp³-hybridized carbons (Fsp3) is 0.410. The summed E-state index contributed by atoms with van der Waals surface area (Å²) in [5.74, 6) is -1.86. The van der Waals surface area contributed by atoms with E-state index in [1.165, 1.54) is 6.92 Å². The van der Waals surface area contributed by atoms with Gasteiger partial charge in [-0.1, -0.05) is 72.8 Å². The number of rotatable bonds is 15. The zero-order valence-corrected chi connectivity index (χ0v) is 30.4. The third kappa shape index (κ3) is 15.4. The lowest BCUT2D eigenvalue weighted by molar-refractivity contribution is -0.158. The number of carbonyl (C=O) groups is 5. The molecule has 0 bridgehead atoms. The first-order chi connectivity index (χ1) is 24.0. The Balaban J connectivity index is 1.59. The zero-order valence-electron chi connectivity index (χ0n) is 30.4. The standard InChI is InChI=1S/C39H50N4O8/c1-26(41-35(46)31(22-27-14-10-8-11-15-27)43-37(48)49-25-29-16-12-9-13-17-29)34(45)40-24-33(44)42-32(36(47)51-39(5,6)7)23-28-18-20-30(21-19-28)50-38(2,3)4/h8-21,26,31-32H,22-25H2,1-7H3,(H,40,45)(H,41,46)(H,42,44)(H,43,48). The maximum absolute atomic E-state index is 13.3. The van der Waals surface area contributed by atoms with Gasteiger partial charge in [0.05, 0.1) is 6.54 Å². The van der Waals surface area contributed by atoms with Gasteiger partial charge in [-0.25, -0.2) is 9.59 Å². The van der Waals surface area contributed by atoms with Crippen LogP contribution in [0.15, 0.2) is 84.9 Å². The molecule has 0 saturated carbocycles. The van der Waals surface area contributed by atoms with Crippen LogP contribution in [0.4, 0.5) is 4.79 Å². The van der Waals surface area contributed by atoms with Crippen LogP contribution in [0.2, 0.25) is 0 Å². The number of ether oxygens (including phenoxy) is 3. The Labute approximate surface area is 300 Å². The third-order valence-electron chi connectivity index (χ3n) is 7.09. The summed E-state index contributed by atoms with van der Waals surface area (Å²) in [7, 11) is 0. The van der Waals surface area contributed by atoms with Crippen LogP contribution in [0.3, 0.4) is 0 Å². The van der Waals surface area contributed by atoms with Crippen molar-refractivity contribution in [3.8, 4) is 5.75 Å². The lowest BCUT2D eigenvalue weighted by atomic mass is 10.0. The highest BCUT2D eigenvalue weighted by Gasteiger charge is 2.29. The molecular weight excluding hydrogens is 652 g/mol. The highest BCUT2D eigenvalue weighted by molar-refractivity contribution is 5.93. The fourth-order valence-corrected chi connectivity index (χ4v) is 4.76. The van der Waals surface area contributed by atoms with Crippen LogP contribution in [0.25, 0.3) is 0 Å². The minimum atomic E-state index is -1.07. The van der Waals surface area contributed by atoms with E-state index in [1.54, 1.807) is 45.0 Å². The molecule has 4 amide bonds. The third-order valence-corrected chi connectivity index (χ3v) is 7.09. The maximum atomic E-state index is 13.3. The van der Waals surface area contributed by atoms with E-state index in [-0.39, 0.29) is 25.0 Å². The molecule has 3 aromatic carbocycles. The summed E-state index contributed by atoms with van der Waals surface area (Å²) < 4.78 is 16.7. The van der Waals surface area contributed by atoms with E-state index in [9.17, 15) is 24.0 Å². The summed E-state index contributed by atoms with van der Waals surface area (Å²) >= 11 is 0. The van der Waals surface area contributed by atoms with E-state index in [0.29, 0.717) is 5.75 Å². The van der Waals surface area contributed by atoms with E-state index >= 15 is 0 Å². The molecule has 3 aromatic rings. The van der Waals surface area contributed by atoms with Gasteiger partial charge in [0.15, 0.2) is 0 Å². The lowest BCUT2D eigenvalue weighted by Crippen LogP contribution is -2.54. The monoisotopic (exact) mass is 702 g/mol. The summed E-state index contributed by atoms with van der Waals surface area (Å²) in [5, 5.41) is 10.3. The van der Waals surface area contributed by atoms with Crippen molar-refractivity contribution < 1.29 is 38.2 Å². The molecule has 0 aliphatic rings. The molecule has 0 aromatic heterocycles. The average Bonchev–Trinajstić information content (AvgIpc) is 3.06. The second-order valence-corrected chi connectivity index (χ2v) is 14.1. The van der Waals surface area contributed by atoms with Crippen molar-refractivity contribution in [2.24, 2.45) is 0 Å². The molecule has 3 unspecified atom stereocenters. The van der Waals surface area contributed by atoms with Crippen molar-refractivity contribution in [2.75, 3.05) is 6.54 Å². The molecule has 0 heterocycles. The van der Waals surface area contributed by atoms with Crippen molar-refractivity contribution >= 4 is 29.8 Å². The van der Waals surface area contributed by atoms with Crippen molar-refractivity contribution in [1.29, 1.82) is 0 Å². The molecule has 274 valence electrons. The van der Waals surface area contributed by atoms with Gasteiger partial charge in [-0.15, -0.1) is 0 Å². The molecule has 4 N–H and O–H groups in total. The number of hydrogen-bond acceptors (Lipinski definition) is 8. The highest BCUT2D eigenvalue weighted by atomic mass is 16.6. The minimum Gasteiger partial charge on any atom is -0.488 e. The van der Waals surface area contributed by atoms with E-state index in [0.717, 1.165) is 16.7 Å². The van der Waals surface area contributed by atoms with Gasteiger partial charge in [0.2, 0.25) is 17.7 Å². The lowest BCUT2D eigenvalue weighted by Gasteiger charge is -2.25. The molecule has 0 saturated heterocycles. The Morgan fingerprint density at radius 3 is 1.75 bits per heavy atom. The van der Waals surface area contributed by atoms with Crippen LogP contribution in [-0.2, 0) is 48.1 Å². The molecule has 51 heavy (non-hydrogen) atoms. The van der Waals surface area contributed by atoms with Crippen LogP contribution in [0.5, 0.6) is 5.75 Å². The van der Waals surface area contributed by atoms with Crippen LogP contribution < -0.4 is 26.0 Å². The molecule has 0 radical (unpaired) electrons. The Bertz CT molecular complexity index is 1600. The number of esters is 1. The Morgan fingerprint density at radius 1 is 0.627 bits per heavy atom.